The zero-order chi connectivity index (χ0) is 19.1. The van der Waals surface area contributed by atoms with Crippen molar-refractivity contribution in [2.75, 3.05) is 31.1 Å². The van der Waals surface area contributed by atoms with Crippen molar-refractivity contribution < 1.29 is 13.5 Å². The predicted octanol–water partition coefficient (Wildman–Crippen LogP) is 5.30. The Hall–Kier alpha value is -1.40. The molecule has 1 saturated heterocycles. The van der Waals surface area contributed by atoms with Gasteiger partial charge in [0, 0.05) is 43.5 Å². The second kappa shape index (κ2) is 9.39. The lowest BCUT2D eigenvalue weighted by molar-refractivity contribution is -0.0778. The molecule has 164 valence electrons. The maximum Gasteiger partial charge on any atom is 0.129 e. The normalized spacial score (nSPS) is 26.1. The Labute approximate surface area is 189 Å². The van der Waals surface area contributed by atoms with E-state index in [2.05, 4.69) is 9.80 Å². The van der Waals surface area contributed by atoms with E-state index >= 15 is 0 Å². The Morgan fingerprint density at radius 2 is 1.53 bits per heavy atom. The fraction of sp³-hybridized carbons (Fsp3) is 0.478. The molecule has 1 spiro atoms. The standard InChI is InChI=1S/C23H26F2N2O.2ClH/c24-17-4-6-18(7-5-17)26-12-14-27(15-13-26)19-8-10-23(11-9-19)21-2-1-3-22(25)20(21)16-28-23;;/h1-7,19H,8-16H2;2*1H. The van der Waals surface area contributed by atoms with E-state index in [-0.39, 0.29) is 42.0 Å². The molecule has 1 saturated carbocycles. The van der Waals surface area contributed by atoms with Crippen LogP contribution in [0.4, 0.5) is 14.5 Å². The maximum absolute atomic E-state index is 14.1. The fourth-order valence-electron chi connectivity index (χ4n) is 5.27. The first-order chi connectivity index (χ1) is 13.6. The van der Waals surface area contributed by atoms with Crippen molar-refractivity contribution in [3.8, 4) is 0 Å². The number of hydrogen-bond donors (Lipinski definition) is 0. The summed E-state index contributed by atoms with van der Waals surface area (Å²) in [5.74, 6) is -0.317. The molecule has 7 heteroatoms. The zero-order valence-electron chi connectivity index (χ0n) is 16.9. The Bertz CT molecular complexity index is 849. The zero-order valence-corrected chi connectivity index (χ0v) is 18.5. The van der Waals surface area contributed by atoms with E-state index in [4.69, 9.17) is 4.74 Å². The Balaban J connectivity index is 0.00000128. The molecule has 5 rings (SSSR count). The molecule has 2 aromatic carbocycles. The van der Waals surface area contributed by atoms with E-state index < -0.39 is 0 Å². The van der Waals surface area contributed by atoms with Crippen LogP contribution in [0.5, 0.6) is 0 Å². The van der Waals surface area contributed by atoms with Crippen LogP contribution in [-0.2, 0) is 16.9 Å². The average molecular weight is 457 g/mol. The van der Waals surface area contributed by atoms with Crippen molar-refractivity contribution in [2.24, 2.45) is 0 Å². The fourth-order valence-corrected chi connectivity index (χ4v) is 5.27. The summed E-state index contributed by atoms with van der Waals surface area (Å²) in [5.41, 5.74) is 2.66. The predicted molar refractivity (Wildman–Crippen MR) is 120 cm³/mol. The van der Waals surface area contributed by atoms with E-state index in [1.807, 2.05) is 24.3 Å². The molecule has 3 nitrogen and oxygen atoms in total. The van der Waals surface area contributed by atoms with E-state index in [0.717, 1.165) is 68.7 Å². The summed E-state index contributed by atoms with van der Waals surface area (Å²) < 4.78 is 33.4. The van der Waals surface area contributed by atoms with Crippen LogP contribution in [-0.4, -0.2) is 37.1 Å². The minimum Gasteiger partial charge on any atom is -0.369 e. The number of benzene rings is 2. The first kappa shape index (κ1) is 23.3. The van der Waals surface area contributed by atoms with Gasteiger partial charge < -0.3 is 9.64 Å². The van der Waals surface area contributed by atoms with Crippen molar-refractivity contribution in [3.63, 3.8) is 0 Å². The summed E-state index contributed by atoms with van der Waals surface area (Å²) in [6, 6.07) is 12.8. The largest absolute Gasteiger partial charge is 0.369 e. The smallest absolute Gasteiger partial charge is 0.129 e. The van der Waals surface area contributed by atoms with Gasteiger partial charge in [0.1, 0.15) is 11.6 Å². The second-order valence-corrected chi connectivity index (χ2v) is 8.28. The monoisotopic (exact) mass is 456 g/mol. The molecule has 0 atom stereocenters. The summed E-state index contributed by atoms with van der Waals surface area (Å²) in [6.07, 6.45) is 4.11. The average Bonchev–Trinajstić information content (AvgIpc) is 3.09. The number of piperazine rings is 1. The van der Waals surface area contributed by atoms with Gasteiger partial charge in [-0.1, -0.05) is 12.1 Å². The highest BCUT2D eigenvalue weighted by Crippen LogP contribution is 2.48. The second-order valence-electron chi connectivity index (χ2n) is 8.28. The van der Waals surface area contributed by atoms with Gasteiger partial charge in [-0.2, -0.15) is 0 Å². The number of anilines is 1. The van der Waals surface area contributed by atoms with Crippen molar-refractivity contribution in [1.29, 1.82) is 0 Å². The van der Waals surface area contributed by atoms with Gasteiger partial charge in [0.05, 0.1) is 12.2 Å². The molecule has 0 radical (unpaired) electrons. The third kappa shape index (κ3) is 4.18. The molecule has 3 aliphatic rings. The van der Waals surface area contributed by atoms with E-state index in [0.29, 0.717) is 12.6 Å². The molecule has 2 fully saturated rings. The van der Waals surface area contributed by atoms with Crippen LogP contribution in [0.3, 0.4) is 0 Å². The molecule has 0 amide bonds. The molecule has 1 aliphatic carbocycles. The summed E-state index contributed by atoms with van der Waals surface area (Å²) >= 11 is 0. The molecular weight excluding hydrogens is 429 g/mol. The van der Waals surface area contributed by atoms with Crippen molar-refractivity contribution in [2.45, 2.75) is 43.9 Å². The first-order valence-electron chi connectivity index (χ1n) is 10.3. The van der Waals surface area contributed by atoms with Gasteiger partial charge in [-0.05, 0) is 61.6 Å². The summed E-state index contributed by atoms with van der Waals surface area (Å²) in [5, 5.41) is 0. The maximum atomic E-state index is 14.1. The van der Waals surface area contributed by atoms with Gasteiger partial charge in [0.2, 0.25) is 0 Å². The first-order valence-corrected chi connectivity index (χ1v) is 10.3. The quantitative estimate of drug-likeness (QED) is 0.609. The minimum absolute atomic E-state index is 0. The van der Waals surface area contributed by atoms with E-state index in [9.17, 15) is 8.78 Å². The lowest BCUT2D eigenvalue weighted by Crippen LogP contribution is -2.52. The van der Waals surface area contributed by atoms with Crippen LogP contribution in [0.2, 0.25) is 0 Å². The van der Waals surface area contributed by atoms with Gasteiger partial charge in [-0.25, -0.2) is 8.78 Å². The van der Waals surface area contributed by atoms with Crippen LogP contribution in [0.1, 0.15) is 36.8 Å². The number of hydrogen-bond acceptors (Lipinski definition) is 3. The third-order valence-electron chi connectivity index (χ3n) is 6.89. The molecule has 0 N–H and O–H groups in total. The molecule has 2 aromatic rings. The molecule has 0 aromatic heterocycles. The van der Waals surface area contributed by atoms with Crippen LogP contribution in [0.25, 0.3) is 0 Å². The molecule has 0 bridgehead atoms. The molecule has 30 heavy (non-hydrogen) atoms. The van der Waals surface area contributed by atoms with E-state index in [1.54, 1.807) is 0 Å². The highest BCUT2D eigenvalue weighted by Gasteiger charge is 2.44. The topological polar surface area (TPSA) is 15.7 Å². The van der Waals surface area contributed by atoms with Crippen molar-refractivity contribution >= 4 is 30.5 Å². The van der Waals surface area contributed by atoms with Gasteiger partial charge in [-0.15, -0.1) is 24.8 Å². The van der Waals surface area contributed by atoms with Gasteiger partial charge in [0.15, 0.2) is 0 Å². The van der Waals surface area contributed by atoms with Crippen molar-refractivity contribution in [3.05, 3.63) is 65.2 Å². The van der Waals surface area contributed by atoms with Crippen LogP contribution in [0.15, 0.2) is 42.5 Å². The minimum atomic E-state index is -0.274. The van der Waals surface area contributed by atoms with Crippen LogP contribution < -0.4 is 4.90 Å². The lowest BCUT2D eigenvalue weighted by atomic mass is 9.77. The van der Waals surface area contributed by atoms with Crippen LogP contribution >= 0.6 is 24.8 Å². The Morgan fingerprint density at radius 1 is 0.867 bits per heavy atom. The molecule has 0 unspecified atom stereocenters. The lowest BCUT2D eigenvalue weighted by Gasteiger charge is -2.45. The highest BCUT2D eigenvalue weighted by atomic mass is 35.5. The van der Waals surface area contributed by atoms with Gasteiger partial charge >= 0.3 is 0 Å². The number of rotatable bonds is 2. The van der Waals surface area contributed by atoms with Crippen LogP contribution in [0, 0.1) is 11.6 Å². The molecule has 2 aliphatic heterocycles. The third-order valence-corrected chi connectivity index (χ3v) is 6.89. The Morgan fingerprint density at radius 3 is 2.20 bits per heavy atom. The number of ether oxygens (including phenoxy) is 1. The summed E-state index contributed by atoms with van der Waals surface area (Å²) in [6.45, 7) is 4.40. The molecular formula is C23H28Cl2F2N2O. The number of halogens is 4. The summed E-state index contributed by atoms with van der Waals surface area (Å²) in [7, 11) is 0. The molecule has 2 heterocycles. The summed E-state index contributed by atoms with van der Waals surface area (Å²) in [4.78, 5) is 4.92. The van der Waals surface area contributed by atoms with Gasteiger partial charge in [0.25, 0.3) is 0 Å². The van der Waals surface area contributed by atoms with Crippen molar-refractivity contribution in [1.82, 2.24) is 4.90 Å². The Kier molecular flexibility index (Phi) is 7.28. The van der Waals surface area contributed by atoms with E-state index in [1.165, 1.54) is 18.2 Å². The van der Waals surface area contributed by atoms with Gasteiger partial charge in [-0.3, -0.25) is 4.90 Å². The number of nitrogens with zero attached hydrogens (tertiary/aromatic N) is 2. The number of fused-ring (bicyclic) bond motifs is 2. The highest BCUT2D eigenvalue weighted by molar-refractivity contribution is 5.85. The SMILES string of the molecule is Cl.Cl.Fc1ccc(N2CCN(C3CCC4(CC3)OCc3c(F)cccc34)CC2)cc1.